The highest BCUT2D eigenvalue weighted by Gasteiger charge is 2.13. The normalized spacial score (nSPS) is 10.6. The maximum atomic E-state index is 5.70. The molecule has 0 spiro atoms. The summed E-state index contributed by atoms with van der Waals surface area (Å²) in [6.45, 7) is 2.56. The number of anilines is 2. The van der Waals surface area contributed by atoms with Crippen LogP contribution in [0.2, 0.25) is 0 Å². The van der Waals surface area contributed by atoms with Crippen LogP contribution < -0.4 is 24.8 Å². The Morgan fingerprint density at radius 1 is 1.00 bits per heavy atom. The third-order valence-electron chi connectivity index (χ3n) is 4.32. The first kappa shape index (κ1) is 21.0. The van der Waals surface area contributed by atoms with E-state index in [4.69, 9.17) is 17.0 Å². The lowest BCUT2D eigenvalue weighted by Gasteiger charge is -2.27. The van der Waals surface area contributed by atoms with E-state index in [-0.39, 0.29) is 0 Å². The third kappa shape index (κ3) is 6.41. The maximum absolute atomic E-state index is 5.70. The quantitative estimate of drug-likeness (QED) is 0.675. The molecule has 0 fully saturated rings. The number of quaternary nitrogens is 1. The molecule has 2 aromatic carbocycles. The van der Waals surface area contributed by atoms with Gasteiger partial charge < -0.3 is 24.8 Å². The van der Waals surface area contributed by atoms with Crippen molar-refractivity contribution in [1.82, 2.24) is 5.32 Å². The van der Waals surface area contributed by atoms with Gasteiger partial charge in [-0.25, -0.2) is 0 Å². The van der Waals surface area contributed by atoms with Gasteiger partial charge in [0.1, 0.15) is 5.75 Å². The van der Waals surface area contributed by atoms with E-state index in [0.717, 1.165) is 29.6 Å². The molecule has 5 nitrogen and oxygen atoms in total. The maximum Gasteiger partial charge on any atom is 0.173 e. The molecule has 0 aliphatic rings. The van der Waals surface area contributed by atoms with Crippen LogP contribution in [0.25, 0.3) is 0 Å². The Hall–Kier alpha value is -2.31. The second-order valence-corrected chi connectivity index (χ2v) is 7.42. The topological polar surface area (TPSA) is 32.2 Å². The van der Waals surface area contributed by atoms with Gasteiger partial charge in [-0.1, -0.05) is 12.1 Å². The van der Waals surface area contributed by atoms with Crippen LogP contribution in [0, 0.1) is 0 Å². The van der Waals surface area contributed by atoms with Gasteiger partial charge in [-0.15, -0.1) is 0 Å². The molecule has 2 N–H and O–H groups in total. The number of thiocarbonyl (C=S) groups is 1. The number of methoxy groups -OCH3 is 1. The van der Waals surface area contributed by atoms with E-state index in [1.54, 1.807) is 7.11 Å². The second-order valence-electron chi connectivity index (χ2n) is 7.03. The van der Waals surface area contributed by atoms with Crippen molar-refractivity contribution in [3.05, 3.63) is 54.1 Å². The van der Waals surface area contributed by atoms with Gasteiger partial charge in [0.05, 0.1) is 40.8 Å². The molecule has 0 saturated carbocycles. The van der Waals surface area contributed by atoms with Gasteiger partial charge in [0.2, 0.25) is 0 Å². The van der Waals surface area contributed by atoms with Crippen molar-refractivity contribution < 1.29 is 9.64 Å². The molecule has 0 unspecified atom stereocenters. The second kappa shape index (κ2) is 10.1. The summed E-state index contributed by atoms with van der Waals surface area (Å²) < 4.78 is 5.28. The first-order chi connectivity index (χ1) is 12.9. The number of likely N-dealkylation sites (N-methyl/N-ethyl adjacent to an activating group) is 1. The van der Waals surface area contributed by atoms with Gasteiger partial charge in [0, 0.05) is 25.5 Å². The smallest absolute Gasteiger partial charge is 0.173 e. The third-order valence-corrected chi connectivity index (χ3v) is 4.69. The van der Waals surface area contributed by atoms with Gasteiger partial charge in [-0.3, -0.25) is 0 Å². The number of hydrogen-bond donors (Lipinski definition) is 2. The standard InChI is InChI=1S/C21H30N4OS/c1-23(2)15-14-22-21(27)25(19-10-12-20(26-5)13-11-19)16-17-6-8-18(9-7-17)24(3)4/h6-13H,14-16H2,1-5H3,(H,22,27)/p+1. The van der Waals surface area contributed by atoms with Crippen molar-refractivity contribution in [3.63, 3.8) is 0 Å². The minimum atomic E-state index is 0.709. The highest BCUT2D eigenvalue weighted by molar-refractivity contribution is 7.80. The molecule has 0 heterocycles. The molecule has 0 aliphatic carbocycles. The summed E-state index contributed by atoms with van der Waals surface area (Å²) in [7, 11) is 10.0. The molecule has 0 saturated heterocycles. The van der Waals surface area contributed by atoms with Crippen molar-refractivity contribution >= 4 is 28.7 Å². The first-order valence-electron chi connectivity index (χ1n) is 9.15. The molecule has 0 bridgehead atoms. The summed E-state index contributed by atoms with van der Waals surface area (Å²) in [6.07, 6.45) is 0. The average Bonchev–Trinajstić information content (AvgIpc) is 2.66. The van der Waals surface area contributed by atoms with E-state index in [2.05, 4.69) is 53.5 Å². The SMILES string of the molecule is COc1ccc(N(Cc2ccc(N(C)C)cc2)C(=S)NCC[NH+](C)C)cc1. The van der Waals surface area contributed by atoms with Crippen molar-refractivity contribution in [1.29, 1.82) is 0 Å². The highest BCUT2D eigenvalue weighted by Crippen LogP contribution is 2.22. The summed E-state index contributed by atoms with van der Waals surface area (Å²) in [6, 6.07) is 16.6. The molecule has 2 rings (SSSR count). The number of benzene rings is 2. The summed E-state index contributed by atoms with van der Waals surface area (Å²) in [4.78, 5) is 5.62. The van der Waals surface area contributed by atoms with Crippen LogP contribution in [0.3, 0.4) is 0 Å². The number of hydrogen-bond acceptors (Lipinski definition) is 3. The predicted molar refractivity (Wildman–Crippen MR) is 118 cm³/mol. The fourth-order valence-corrected chi connectivity index (χ4v) is 2.91. The van der Waals surface area contributed by atoms with Crippen LogP contribution in [0.1, 0.15) is 5.56 Å². The molecule has 0 amide bonds. The zero-order chi connectivity index (χ0) is 19.8. The first-order valence-corrected chi connectivity index (χ1v) is 9.56. The Morgan fingerprint density at radius 2 is 1.59 bits per heavy atom. The summed E-state index contributed by atoms with van der Waals surface area (Å²) in [5.74, 6) is 0.837. The van der Waals surface area contributed by atoms with E-state index in [1.807, 2.05) is 38.4 Å². The van der Waals surface area contributed by atoms with E-state index in [1.165, 1.54) is 16.2 Å². The largest absolute Gasteiger partial charge is 0.497 e. The Labute approximate surface area is 168 Å². The fraction of sp³-hybridized carbons (Fsp3) is 0.381. The lowest BCUT2D eigenvalue weighted by Crippen LogP contribution is -3.06. The minimum absolute atomic E-state index is 0.709. The zero-order valence-electron chi connectivity index (χ0n) is 17.0. The molecule has 2 aromatic rings. The highest BCUT2D eigenvalue weighted by atomic mass is 32.1. The Kier molecular flexibility index (Phi) is 7.88. The molecule has 0 aromatic heterocycles. The van der Waals surface area contributed by atoms with Crippen molar-refractivity contribution in [3.8, 4) is 5.75 Å². The summed E-state index contributed by atoms with van der Waals surface area (Å²) in [5.41, 5.74) is 3.44. The number of ether oxygens (including phenoxy) is 1. The Morgan fingerprint density at radius 3 is 2.11 bits per heavy atom. The van der Waals surface area contributed by atoms with Gasteiger partial charge in [-0.2, -0.15) is 0 Å². The number of nitrogens with zero attached hydrogens (tertiary/aromatic N) is 2. The van der Waals surface area contributed by atoms with E-state index < -0.39 is 0 Å². The van der Waals surface area contributed by atoms with Crippen LogP contribution in [-0.4, -0.2) is 53.5 Å². The summed E-state index contributed by atoms with van der Waals surface area (Å²) in [5, 5.41) is 4.12. The lowest BCUT2D eigenvalue weighted by molar-refractivity contribution is -0.856. The van der Waals surface area contributed by atoms with Crippen LogP contribution >= 0.6 is 12.2 Å². The van der Waals surface area contributed by atoms with Crippen LogP contribution in [0.4, 0.5) is 11.4 Å². The number of nitrogens with one attached hydrogen (secondary N) is 2. The van der Waals surface area contributed by atoms with E-state index in [9.17, 15) is 0 Å². The van der Waals surface area contributed by atoms with Gasteiger partial charge >= 0.3 is 0 Å². The van der Waals surface area contributed by atoms with Crippen LogP contribution in [0.5, 0.6) is 5.75 Å². The van der Waals surface area contributed by atoms with Gasteiger partial charge in [0.25, 0.3) is 0 Å². The minimum Gasteiger partial charge on any atom is -0.497 e. The van der Waals surface area contributed by atoms with E-state index >= 15 is 0 Å². The van der Waals surface area contributed by atoms with Crippen molar-refractivity contribution in [2.45, 2.75) is 6.54 Å². The Balaban J connectivity index is 2.18. The number of rotatable bonds is 8. The monoisotopic (exact) mass is 387 g/mol. The predicted octanol–water partition coefficient (Wildman–Crippen LogP) is 1.79. The van der Waals surface area contributed by atoms with Gasteiger partial charge in [-0.05, 0) is 54.2 Å². The van der Waals surface area contributed by atoms with Crippen LogP contribution in [-0.2, 0) is 6.54 Å². The van der Waals surface area contributed by atoms with Crippen molar-refractivity contribution in [2.24, 2.45) is 0 Å². The van der Waals surface area contributed by atoms with E-state index in [0.29, 0.717) is 6.54 Å². The fourth-order valence-electron chi connectivity index (χ4n) is 2.64. The summed E-state index contributed by atoms with van der Waals surface area (Å²) >= 11 is 5.70. The molecule has 0 atom stereocenters. The molecule has 0 aliphatic heterocycles. The molecular formula is C21H31N4OS+. The average molecular weight is 388 g/mol. The van der Waals surface area contributed by atoms with Crippen molar-refractivity contribution in [2.75, 3.05) is 58.2 Å². The zero-order valence-corrected chi connectivity index (χ0v) is 17.8. The molecule has 0 radical (unpaired) electrons. The van der Waals surface area contributed by atoms with Crippen LogP contribution in [0.15, 0.2) is 48.5 Å². The molecule has 146 valence electrons. The lowest BCUT2D eigenvalue weighted by atomic mass is 10.1. The molecule has 27 heavy (non-hydrogen) atoms. The molecular weight excluding hydrogens is 356 g/mol. The molecule has 6 heteroatoms. The van der Waals surface area contributed by atoms with Gasteiger partial charge in [0.15, 0.2) is 5.11 Å². The Bertz CT molecular complexity index is 714.